The Bertz CT molecular complexity index is 228. The van der Waals surface area contributed by atoms with Crippen LogP contribution >= 0.6 is 0 Å². The molecule has 0 fully saturated rings. The lowest BCUT2D eigenvalue weighted by molar-refractivity contribution is 0.647. The second kappa shape index (κ2) is 6.76. The average Bonchev–Trinajstić information content (AvgIpc) is 2.06. The topological polar surface area (TPSA) is 0 Å². The first-order valence-electron chi connectivity index (χ1n) is 5.03. The third kappa shape index (κ3) is 5.51. The third-order valence-corrected chi connectivity index (χ3v) is 1.59. The molecule has 0 heterocycles. The molecule has 1 rings (SSSR count). The highest BCUT2D eigenvalue weighted by molar-refractivity contribution is 6.32. The van der Waals surface area contributed by atoms with Crippen molar-refractivity contribution in [2.45, 2.75) is 34.1 Å². The molecule has 0 spiro atoms. The van der Waals surface area contributed by atoms with E-state index in [2.05, 4.69) is 19.9 Å². The maximum atomic E-state index is 5.63. The van der Waals surface area contributed by atoms with Gasteiger partial charge in [0.2, 0.25) is 0 Å². The molecule has 1 heteroatoms. The van der Waals surface area contributed by atoms with Gasteiger partial charge < -0.3 is 0 Å². The van der Waals surface area contributed by atoms with Crippen LogP contribution in [0.3, 0.4) is 0 Å². The van der Waals surface area contributed by atoms with Gasteiger partial charge in [0.1, 0.15) is 7.85 Å². The van der Waals surface area contributed by atoms with Crippen molar-refractivity contribution >= 4 is 13.3 Å². The Kier molecular flexibility index (Phi) is 6.39. The van der Waals surface area contributed by atoms with Crippen molar-refractivity contribution in [2.24, 2.45) is 5.92 Å². The summed E-state index contributed by atoms with van der Waals surface area (Å²) in [6.07, 6.45) is 1.12. The SMILES string of the molecule is CC.[B]c1cccc(CC(C)C)c1. The Labute approximate surface area is 83.8 Å². The Hall–Kier alpha value is -0.715. The summed E-state index contributed by atoms with van der Waals surface area (Å²) in [5.41, 5.74) is 2.20. The summed E-state index contributed by atoms with van der Waals surface area (Å²) in [5, 5.41) is 0. The minimum absolute atomic E-state index is 0.705. The van der Waals surface area contributed by atoms with E-state index in [4.69, 9.17) is 7.85 Å². The molecule has 2 radical (unpaired) electrons. The van der Waals surface area contributed by atoms with Gasteiger partial charge in [-0.15, -0.1) is 0 Å². The summed E-state index contributed by atoms with van der Waals surface area (Å²) in [6, 6.07) is 8.09. The highest BCUT2D eigenvalue weighted by atomic mass is 14.0. The summed E-state index contributed by atoms with van der Waals surface area (Å²) in [5.74, 6) is 0.705. The van der Waals surface area contributed by atoms with Crippen LogP contribution in [0.5, 0.6) is 0 Å². The van der Waals surface area contributed by atoms with E-state index in [0.717, 1.165) is 11.9 Å². The lowest BCUT2D eigenvalue weighted by Crippen LogP contribution is -2.04. The first-order valence-corrected chi connectivity index (χ1v) is 5.03. The van der Waals surface area contributed by atoms with E-state index < -0.39 is 0 Å². The second-order valence-corrected chi connectivity index (χ2v) is 3.34. The van der Waals surface area contributed by atoms with Crippen molar-refractivity contribution in [3.63, 3.8) is 0 Å². The molecular weight excluding hydrogens is 155 g/mol. The fraction of sp³-hybridized carbons (Fsp3) is 0.500. The summed E-state index contributed by atoms with van der Waals surface area (Å²) in [4.78, 5) is 0. The second-order valence-electron chi connectivity index (χ2n) is 3.34. The van der Waals surface area contributed by atoms with Gasteiger partial charge in [0, 0.05) is 0 Å². The summed E-state index contributed by atoms with van der Waals surface area (Å²) in [7, 11) is 5.63. The zero-order chi connectivity index (χ0) is 10.3. The molecule has 0 unspecified atom stereocenters. The highest BCUT2D eigenvalue weighted by Crippen LogP contribution is 2.05. The molecule has 0 amide bonds. The van der Waals surface area contributed by atoms with E-state index in [1.54, 1.807) is 0 Å². The molecule has 0 aliphatic rings. The van der Waals surface area contributed by atoms with E-state index in [-0.39, 0.29) is 0 Å². The minimum Gasteiger partial charge on any atom is -0.0964 e. The van der Waals surface area contributed by atoms with Crippen molar-refractivity contribution in [3.8, 4) is 0 Å². The van der Waals surface area contributed by atoms with E-state index in [0.29, 0.717) is 5.92 Å². The fourth-order valence-corrected chi connectivity index (χ4v) is 1.19. The lowest BCUT2D eigenvalue weighted by atomic mass is 9.92. The Morgan fingerprint density at radius 3 is 2.31 bits per heavy atom. The third-order valence-electron chi connectivity index (χ3n) is 1.59. The Morgan fingerprint density at radius 2 is 1.85 bits per heavy atom. The zero-order valence-electron chi connectivity index (χ0n) is 9.17. The van der Waals surface area contributed by atoms with Crippen LogP contribution in [0.4, 0.5) is 0 Å². The molecule has 0 aliphatic carbocycles. The number of hydrogen-bond donors (Lipinski definition) is 0. The van der Waals surface area contributed by atoms with E-state index in [1.807, 2.05) is 32.0 Å². The Morgan fingerprint density at radius 1 is 1.23 bits per heavy atom. The van der Waals surface area contributed by atoms with Gasteiger partial charge in [0.15, 0.2) is 0 Å². The van der Waals surface area contributed by atoms with Crippen molar-refractivity contribution in [2.75, 3.05) is 0 Å². The van der Waals surface area contributed by atoms with Crippen molar-refractivity contribution in [3.05, 3.63) is 29.8 Å². The van der Waals surface area contributed by atoms with Gasteiger partial charge in [0.05, 0.1) is 0 Å². The van der Waals surface area contributed by atoms with Gasteiger partial charge >= 0.3 is 0 Å². The fourth-order valence-electron chi connectivity index (χ4n) is 1.19. The lowest BCUT2D eigenvalue weighted by Gasteiger charge is -2.04. The number of rotatable bonds is 2. The normalized spacial score (nSPS) is 9.31. The van der Waals surface area contributed by atoms with E-state index in [9.17, 15) is 0 Å². The van der Waals surface area contributed by atoms with Crippen molar-refractivity contribution in [1.29, 1.82) is 0 Å². The summed E-state index contributed by atoms with van der Waals surface area (Å²) < 4.78 is 0. The minimum atomic E-state index is 0.705. The monoisotopic (exact) mass is 174 g/mol. The van der Waals surface area contributed by atoms with Crippen molar-refractivity contribution in [1.82, 2.24) is 0 Å². The van der Waals surface area contributed by atoms with Gasteiger partial charge in [-0.3, -0.25) is 0 Å². The van der Waals surface area contributed by atoms with Crippen molar-refractivity contribution < 1.29 is 0 Å². The molecule has 1 aromatic carbocycles. The summed E-state index contributed by atoms with van der Waals surface area (Å²) >= 11 is 0. The van der Waals surface area contributed by atoms with Crippen LogP contribution in [0, 0.1) is 5.92 Å². The molecule has 70 valence electrons. The van der Waals surface area contributed by atoms with Gasteiger partial charge in [-0.25, -0.2) is 0 Å². The molecule has 0 saturated heterocycles. The average molecular weight is 174 g/mol. The molecule has 0 nitrogen and oxygen atoms in total. The van der Waals surface area contributed by atoms with Crippen LogP contribution < -0.4 is 5.46 Å². The highest BCUT2D eigenvalue weighted by Gasteiger charge is 1.96. The predicted molar refractivity (Wildman–Crippen MR) is 61.7 cm³/mol. The first kappa shape index (κ1) is 12.3. The molecule has 0 atom stereocenters. The number of benzene rings is 1. The maximum Gasteiger partial charge on any atom is 0.113 e. The van der Waals surface area contributed by atoms with E-state index >= 15 is 0 Å². The van der Waals surface area contributed by atoms with E-state index in [1.165, 1.54) is 5.56 Å². The first-order chi connectivity index (χ1) is 6.18. The van der Waals surface area contributed by atoms with Crippen LogP contribution in [0.2, 0.25) is 0 Å². The largest absolute Gasteiger partial charge is 0.113 e. The predicted octanol–water partition coefficient (Wildman–Crippen LogP) is 2.71. The van der Waals surface area contributed by atoms with Crippen LogP contribution in [-0.4, -0.2) is 7.85 Å². The van der Waals surface area contributed by atoms with Gasteiger partial charge in [-0.1, -0.05) is 57.4 Å². The molecule has 0 bridgehead atoms. The molecule has 0 N–H and O–H groups in total. The smallest absolute Gasteiger partial charge is 0.0964 e. The van der Waals surface area contributed by atoms with Gasteiger partial charge in [0.25, 0.3) is 0 Å². The molecule has 0 aromatic heterocycles. The molecule has 0 saturated carbocycles. The van der Waals surface area contributed by atoms with Crippen LogP contribution in [0.15, 0.2) is 24.3 Å². The van der Waals surface area contributed by atoms with Crippen LogP contribution in [-0.2, 0) is 6.42 Å². The molecular formula is C12H19B. The molecule has 1 aromatic rings. The maximum absolute atomic E-state index is 5.63. The van der Waals surface area contributed by atoms with Crippen LogP contribution in [0.25, 0.3) is 0 Å². The standard InChI is InChI=1S/C10H13B.C2H6/c1-8(2)6-9-4-3-5-10(11)7-9;1-2/h3-5,7-8H,6H2,1-2H3;1-2H3. The molecule has 0 aliphatic heterocycles. The Balaban J connectivity index is 0.000000671. The molecule has 13 heavy (non-hydrogen) atoms. The number of hydrogen-bond acceptors (Lipinski definition) is 0. The zero-order valence-corrected chi connectivity index (χ0v) is 9.17. The van der Waals surface area contributed by atoms with Gasteiger partial charge in [-0.05, 0) is 17.9 Å². The quantitative estimate of drug-likeness (QED) is 0.604. The van der Waals surface area contributed by atoms with Gasteiger partial charge in [-0.2, -0.15) is 0 Å². The van der Waals surface area contributed by atoms with Crippen LogP contribution in [0.1, 0.15) is 33.3 Å². The summed E-state index contributed by atoms with van der Waals surface area (Å²) in [6.45, 7) is 8.42.